The Hall–Kier alpha value is -2.09. The zero-order valence-corrected chi connectivity index (χ0v) is 15.4. The predicted molar refractivity (Wildman–Crippen MR) is 95.3 cm³/mol. The van der Waals surface area contributed by atoms with E-state index in [1.807, 2.05) is 31.2 Å². The highest BCUT2D eigenvalue weighted by Gasteiger charge is 2.17. The van der Waals surface area contributed by atoms with Gasteiger partial charge in [0.15, 0.2) is 11.5 Å². The van der Waals surface area contributed by atoms with Crippen molar-refractivity contribution in [1.82, 2.24) is 4.72 Å². The molecule has 25 heavy (non-hydrogen) atoms. The van der Waals surface area contributed by atoms with Crippen LogP contribution in [0.5, 0.6) is 11.5 Å². The van der Waals surface area contributed by atoms with Crippen molar-refractivity contribution >= 4 is 10.0 Å². The van der Waals surface area contributed by atoms with Gasteiger partial charge in [-0.25, -0.2) is 13.1 Å². The molecular formula is C18H23NO5S. The van der Waals surface area contributed by atoms with E-state index in [0.717, 1.165) is 11.1 Å². The van der Waals surface area contributed by atoms with Crippen LogP contribution in [0.15, 0.2) is 47.4 Å². The van der Waals surface area contributed by atoms with Gasteiger partial charge in [0.25, 0.3) is 0 Å². The molecular weight excluding hydrogens is 342 g/mol. The average molecular weight is 365 g/mol. The van der Waals surface area contributed by atoms with E-state index in [1.54, 1.807) is 6.07 Å². The molecule has 2 rings (SSSR count). The first kappa shape index (κ1) is 19.2. The van der Waals surface area contributed by atoms with Gasteiger partial charge in [-0.1, -0.05) is 24.3 Å². The van der Waals surface area contributed by atoms with Crippen molar-refractivity contribution in [2.24, 2.45) is 0 Å². The average Bonchev–Trinajstić information content (AvgIpc) is 2.64. The van der Waals surface area contributed by atoms with E-state index in [0.29, 0.717) is 24.7 Å². The summed E-state index contributed by atoms with van der Waals surface area (Å²) in [4.78, 5) is 0.118. The summed E-state index contributed by atoms with van der Waals surface area (Å²) in [5.41, 5.74) is 1.83. The van der Waals surface area contributed by atoms with E-state index in [2.05, 4.69) is 4.72 Å². The number of hydrogen-bond donors (Lipinski definition) is 1. The Morgan fingerprint density at radius 1 is 0.960 bits per heavy atom. The second-order valence-corrected chi connectivity index (χ2v) is 7.01. The van der Waals surface area contributed by atoms with Crippen molar-refractivity contribution in [3.63, 3.8) is 0 Å². The van der Waals surface area contributed by atoms with Gasteiger partial charge in [-0.05, 0) is 30.2 Å². The molecule has 0 aromatic heterocycles. The van der Waals surface area contributed by atoms with E-state index in [4.69, 9.17) is 14.2 Å². The Kier molecular flexibility index (Phi) is 6.81. The largest absolute Gasteiger partial charge is 0.493 e. The zero-order chi connectivity index (χ0) is 18.3. The minimum Gasteiger partial charge on any atom is -0.493 e. The lowest BCUT2D eigenvalue weighted by Crippen LogP contribution is -2.24. The monoisotopic (exact) mass is 365 g/mol. The second-order valence-electron chi connectivity index (χ2n) is 5.25. The van der Waals surface area contributed by atoms with Crippen LogP contribution >= 0.6 is 0 Å². The molecule has 0 fully saturated rings. The van der Waals surface area contributed by atoms with Crippen molar-refractivity contribution in [3.05, 3.63) is 53.6 Å². The molecule has 0 saturated heterocycles. The third kappa shape index (κ3) is 4.94. The second kappa shape index (κ2) is 8.84. The molecule has 0 bridgehead atoms. The van der Waals surface area contributed by atoms with Gasteiger partial charge < -0.3 is 14.2 Å². The van der Waals surface area contributed by atoms with Crippen LogP contribution in [0.4, 0.5) is 0 Å². The Bertz CT molecular complexity index is 805. The quantitative estimate of drug-likeness (QED) is 0.740. The van der Waals surface area contributed by atoms with Crippen LogP contribution < -0.4 is 14.2 Å². The molecule has 0 atom stereocenters. The molecule has 0 amide bonds. The highest BCUT2D eigenvalue weighted by molar-refractivity contribution is 7.89. The van der Waals surface area contributed by atoms with Crippen molar-refractivity contribution in [2.45, 2.75) is 25.0 Å². The van der Waals surface area contributed by atoms with Gasteiger partial charge in [-0.2, -0.15) is 0 Å². The van der Waals surface area contributed by atoms with Crippen LogP contribution in [0, 0.1) is 0 Å². The number of sulfonamides is 1. The van der Waals surface area contributed by atoms with E-state index in [-0.39, 0.29) is 11.4 Å². The van der Waals surface area contributed by atoms with Gasteiger partial charge in [0.2, 0.25) is 10.0 Å². The normalized spacial score (nSPS) is 11.3. The number of ether oxygens (including phenoxy) is 3. The summed E-state index contributed by atoms with van der Waals surface area (Å²) < 4.78 is 43.5. The molecule has 0 saturated carbocycles. The van der Waals surface area contributed by atoms with Crippen molar-refractivity contribution in [1.29, 1.82) is 0 Å². The third-order valence-corrected chi connectivity index (χ3v) is 5.10. The SMILES string of the molecule is CCOCc1ccccc1CNS(=O)(=O)c1ccc(OC)c(OC)c1. The topological polar surface area (TPSA) is 73.9 Å². The lowest BCUT2D eigenvalue weighted by Gasteiger charge is -2.13. The lowest BCUT2D eigenvalue weighted by molar-refractivity contribution is 0.133. The number of nitrogens with one attached hydrogen (secondary N) is 1. The van der Waals surface area contributed by atoms with E-state index in [1.165, 1.54) is 26.4 Å². The van der Waals surface area contributed by atoms with Gasteiger partial charge in [0, 0.05) is 19.2 Å². The smallest absolute Gasteiger partial charge is 0.241 e. The van der Waals surface area contributed by atoms with Crippen LogP contribution in [-0.4, -0.2) is 29.2 Å². The molecule has 2 aromatic carbocycles. The Balaban J connectivity index is 2.17. The molecule has 0 heterocycles. The number of methoxy groups -OCH3 is 2. The first-order valence-electron chi connectivity index (χ1n) is 7.88. The van der Waals surface area contributed by atoms with Crippen LogP contribution in [0.3, 0.4) is 0 Å². The maximum atomic E-state index is 12.6. The maximum Gasteiger partial charge on any atom is 0.241 e. The molecule has 0 aliphatic heterocycles. The number of hydrogen-bond acceptors (Lipinski definition) is 5. The van der Waals surface area contributed by atoms with Crippen LogP contribution in [0.2, 0.25) is 0 Å². The zero-order valence-electron chi connectivity index (χ0n) is 14.6. The Morgan fingerprint density at radius 3 is 2.28 bits per heavy atom. The van der Waals surface area contributed by atoms with Gasteiger partial charge in [-0.15, -0.1) is 0 Å². The fourth-order valence-electron chi connectivity index (χ4n) is 2.32. The predicted octanol–water partition coefficient (Wildman–Crippen LogP) is 2.72. The van der Waals surface area contributed by atoms with Gasteiger partial charge in [0.05, 0.1) is 25.7 Å². The Labute approximate surface area is 148 Å². The van der Waals surface area contributed by atoms with Crippen molar-refractivity contribution in [3.8, 4) is 11.5 Å². The van der Waals surface area contributed by atoms with E-state index < -0.39 is 10.0 Å². The van der Waals surface area contributed by atoms with Crippen LogP contribution in [0.25, 0.3) is 0 Å². The molecule has 7 heteroatoms. The standard InChI is InChI=1S/C18H23NO5S/c1-4-24-13-15-8-6-5-7-14(15)12-19-25(20,21)16-9-10-17(22-2)18(11-16)23-3/h5-11,19H,4,12-13H2,1-3H3. The maximum absolute atomic E-state index is 12.6. The van der Waals surface area contributed by atoms with Crippen LogP contribution in [-0.2, 0) is 27.9 Å². The summed E-state index contributed by atoms with van der Waals surface area (Å²) in [5.74, 6) is 0.839. The highest BCUT2D eigenvalue weighted by atomic mass is 32.2. The number of benzene rings is 2. The molecule has 0 aliphatic rings. The Morgan fingerprint density at radius 2 is 1.64 bits per heavy atom. The summed E-state index contributed by atoms with van der Waals surface area (Å²) in [5, 5.41) is 0. The fourth-order valence-corrected chi connectivity index (χ4v) is 3.34. The first-order chi connectivity index (χ1) is 12.0. The van der Waals surface area contributed by atoms with Crippen molar-refractivity contribution in [2.75, 3.05) is 20.8 Å². The summed E-state index contributed by atoms with van der Waals surface area (Å²) in [6.07, 6.45) is 0. The molecule has 136 valence electrons. The molecule has 0 radical (unpaired) electrons. The minimum absolute atomic E-state index is 0.118. The molecule has 2 aromatic rings. The minimum atomic E-state index is -3.68. The molecule has 1 N–H and O–H groups in total. The summed E-state index contributed by atoms with van der Waals surface area (Å²) in [6, 6.07) is 12.1. The van der Waals surface area contributed by atoms with Gasteiger partial charge in [0.1, 0.15) is 0 Å². The molecule has 0 aliphatic carbocycles. The van der Waals surface area contributed by atoms with Gasteiger partial charge in [-0.3, -0.25) is 0 Å². The third-order valence-electron chi connectivity index (χ3n) is 3.70. The fraction of sp³-hybridized carbons (Fsp3) is 0.333. The van der Waals surface area contributed by atoms with Crippen molar-refractivity contribution < 1.29 is 22.6 Å². The first-order valence-corrected chi connectivity index (χ1v) is 9.36. The van der Waals surface area contributed by atoms with Crippen LogP contribution in [0.1, 0.15) is 18.1 Å². The summed E-state index contributed by atoms with van der Waals surface area (Å²) in [6.45, 7) is 3.15. The van der Waals surface area contributed by atoms with E-state index in [9.17, 15) is 8.42 Å². The molecule has 0 spiro atoms. The molecule has 0 unspecified atom stereocenters. The summed E-state index contributed by atoms with van der Waals surface area (Å²) in [7, 11) is -0.716. The number of rotatable bonds is 9. The van der Waals surface area contributed by atoms with Gasteiger partial charge >= 0.3 is 0 Å². The lowest BCUT2D eigenvalue weighted by atomic mass is 10.1. The molecule has 6 nitrogen and oxygen atoms in total. The highest BCUT2D eigenvalue weighted by Crippen LogP contribution is 2.29. The summed E-state index contributed by atoms with van der Waals surface area (Å²) >= 11 is 0. The van der Waals surface area contributed by atoms with E-state index >= 15 is 0 Å².